The van der Waals surface area contributed by atoms with E-state index < -0.39 is 18.2 Å². The molecule has 158 valence electrons. The van der Waals surface area contributed by atoms with E-state index in [4.69, 9.17) is 30.5 Å². The Balaban J connectivity index is 2.51. The van der Waals surface area contributed by atoms with Gasteiger partial charge in [0.2, 0.25) is 0 Å². The van der Waals surface area contributed by atoms with E-state index in [1.165, 1.54) is 0 Å². The first-order valence-electron chi connectivity index (χ1n) is 9.42. The lowest BCUT2D eigenvalue weighted by molar-refractivity contribution is 0.0559. The Morgan fingerprint density at radius 1 is 1.00 bits per heavy atom. The van der Waals surface area contributed by atoms with Gasteiger partial charge in [-0.05, 0) is 45.2 Å². The second-order valence-electron chi connectivity index (χ2n) is 6.46. The minimum absolute atomic E-state index is 0.171. The molecule has 0 saturated carbocycles. The van der Waals surface area contributed by atoms with Gasteiger partial charge in [-0.3, -0.25) is 0 Å². The molecule has 1 aliphatic heterocycles. The first-order chi connectivity index (χ1) is 13.8. The van der Waals surface area contributed by atoms with Gasteiger partial charge in [0.25, 0.3) is 0 Å². The van der Waals surface area contributed by atoms with E-state index in [1.54, 1.807) is 33.8 Å². The zero-order valence-corrected chi connectivity index (χ0v) is 18.0. The quantitative estimate of drug-likeness (QED) is 0.607. The fourth-order valence-electron chi connectivity index (χ4n) is 3.22. The van der Waals surface area contributed by atoms with Crippen LogP contribution < -0.4 is 5.32 Å². The van der Waals surface area contributed by atoms with Gasteiger partial charge >= 0.3 is 12.3 Å². The normalized spacial score (nSPS) is 15.5. The number of ether oxygens (including phenoxy) is 4. The Labute approximate surface area is 175 Å². The van der Waals surface area contributed by atoms with Gasteiger partial charge in [0, 0.05) is 5.02 Å². The first kappa shape index (κ1) is 22.6. The summed E-state index contributed by atoms with van der Waals surface area (Å²) in [6.45, 7) is 9.17. The highest BCUT2D eigenvalue weighted by molar-refractivity contribution is 6.31. The van der Waals surface area contributed by atoms with Crippen molar-refractivity contribution >= 4 is 23.9 Å². The highest BCUT2D eigenvalue weighted by Gasteiger charge is 2.39. The molecule has 1 aromatic rings. The van der Waals surface area contributed by atoms with E-state index >= 15 is 0 Å². The molecule has 0 aliphatic carbocycles. The van der Waals surface area contributed by atoms with Crippen molar-refractivity contribution in [3.63, 3.8) is 0 Å². The molecule has 1 atom stereocenters. The van der Waals surface area contributed by atoms with Gasteiger partial charge in [0.1, 0.15) is 11.5 Å². The van der Waals surface area contributed by atoms with E-state index in [-0.39, 0.29) is 19.1 Å². The van der Waals surface area contributed by atoms with E-state index in [0.29, 0.717) is 27.9 Å². The predicted molar refractivity (Wildman–Crippen MR) is 108 cm³/mol. The summed E-state index contributed by atoms with van der Waals surface area (Å²) in [4.78, 5) is 24.1. The van der Waals surface area contributed by atoms with Crippen LogP contribution in [0.15, 0.2) is 47.2 Å². The van der Waals surface area contributed by atoms with Crippen molar-refractivity contribution in [3.8, 4) is 0 Å². The lowest BCUT2D eigenvalue weighted by Gasteiger charge is -2.33. The van der Waals surface area contributed by atoms with E-state index in [0.717, 1.165) is 5.56 Å². The smallest absolute Gasteiger partial charge is 0.434 e. The Bertz CT molecular complexity index is 790. The maximum atomic E-state index is 12.1. The number of halogens is 1. The summed E-state index contributed by atoms with van der Waals surface area (Å²) < 4.78 is 20.9. The minimum atomic E-state index is -0.838. The average molecular weight is 424 g/mol. The van der Waals surface area contributed by atoms with Gasteiger partial charge < -0.3 is 24.3 Å². The van der Waals surface area contributed by atoms with Crippen LogP contribution in [0.2, 0.25) is 5.02 Å². The highest BCUT2D eigenvalue weighted by Crippen LogP contribution is 2.43. The molecular formula is C21H26ClNO6. The van der Waals surface area contributed by atoms with Gasteiger partial charge in [-0.15, -0.1) is 0 Å². The van der Waals surface area contributed by atoms with Crippen LogP contribution in [0.5, 0.6) is 0 Å². The third-order valence-electron chi connectivity index (χ3n) is 4.49. The van der Waals surface area contributed by atoms with Crippen LogP contribution >= 0.6 is 11.6 Å². The average Bonchev–Trinajstić information content (AvgIpc) is 2.66. The molecule has 2 rings (SSSR count). The van der Waals surface area contributed by atoms with Gasteiger partial charge in [0.15, 0.2) is 0 Å². The summed E-state index contributed by atoms with van der Waals surface area (Å²) in [5.74, 6) is -0.309. The van der Waals surface area contributed by atoms with Crippen LogP contribution in [-0.4, -0.2) is 25.5 Å². The fourth-order valence-corrected chi connectivity index (χ4v) is 3.53. The number of nitrogens with one attached hydrogen (secondary N) is 1. The number of allylic oxidation sites excluding steroid dienone is 2. The molecule has 1 unspecified atom stereocenters. The third-order valence-corrected chi connectivity index (χ3v) is 4.83. The van der Waals surface area contributed by atoms with Crippen molar-refractivity contribution < 1.29 is 28.5 Å². The van der Waals surface area contributed by atoms with Crippen molar-refractivity contribution in [3.05, 3.63) is 57.8 Å². The summed E-state index contributed by atoms with van der Waals surface area (Å²) in [6.07, 6.45) is -1.68. The van der Waals surface area contributed by atoms with Gasteiger partial charge in [-0.1, -0.05) is 36.7 Å². The molecule has 0 bridgehead atoms. The number of benzene rings is 1. The molecule has 0 saturated heterocycles. The predicted octanol–water partition coefficient (Wildman–Crippen LogP) is 5.47. The molecule has 0 amide bonds. The second kappa shape index (κ2) is 10.2. The Morgan fingerprint density at radius 2 is 1.48 bits per heavy atom. The van der Waals surface area contributed by atoms with Crippen molar-refractivity contribution in [2.75, 3.05) is 13.2 Å². The standard InChI is InChI=1S/C21H26ClNO6/c1-6-26-20(24)28-18-13(4)23-14(5)19(29-21(25)27-7-2)17(18)12(3)15-10-8-9-11-16(15)22/h8-12,17,23H,6-7H2,1-5H3. The number of dihydropyridines is 1. The molecule has 0 radical (unpaired) electrons. The lowest BCUT2D eigenvalue weighted by Crippen LogP contribution is -2.33. The summed E-state index contributed by atoms with van der Waals surface area (Å²) in [5.41, 5.74) is 2.03. The number of carbonyl (C=O) groups is 2. The molecule has 1 aromatic carbocycles. The first-order valence-corrected chi connectivity index (χ1v) is 9.80. The zero-order valence-electron chi connectivity index (χ0n) is 17.2. The van der Waals surface area contributed by atoms with Gasteiger partial charge in [-0.2, -0.15) is 0 Å². The third kappa shape index (κ3) is 5.44. The maximum absolute atomic E-state index is 12.1. The second-order valence-corrected chi connectivity index (χ2v) is 6.87. The summed E-state index contributed by atoms with van der Waals surface area (Å²) >= 11 is 6.40. The molecule has 29 heavy (non-hydrogen) atoms. The summed E-state index contributed by atoms with van der Waals surface area (Å²) in [7, 11) is 0. The van der Waals surface area contributed by atoms with Crippen molar-refractivity contribution in [1.82, 2.24) is 5.32 Å². The number of carbonyl (C=O) groups excluding carboxylic acids is 2. The van der Waals surface area contributed by atoms with Crippen molar-refractivity contribution in [1.29, 1.82) is 0 Å². The van der Waals surface area contributed by atoms with E-state index in [1.807, 2.05) is 25.1 Å². The maximum Gasteiger partial charge on any atom is 0.513 e. The van der Waals surface area contributed by atoms with Crippen LogP contribution in [0.3, 0.4) is 0 Å². The Hall–Kier alpha value is -2.67. The fraction of sp³-hybridized carbons (Fsp3) is 0.429. The Morgan fingerprint density at radius 3 is 1.93 bits per heavy atom. The number of hydrogen-bond acceptors (Lipinski definition) is 7. The topological polar surface area (TPSA) is 83.1 Å². The molecule has 8 heteroatoms. The molecule has 7 nitrogen and oxygen atoms in total. The summed E-state index contributed by atoms with van der Waals surface area (Å²) in [5, 5.41) is 3.64. The number of rotatable bonds is 6. The molecule has 0 spiro atoms. The zero-order chi connectivity index (χ0) is 21.6. The molecule has 1 N–H and O–H groups in total. The largest absolute Gasteiger partial charge is 0.513 e. The van der Waals surface area contributed by atoms with Gasteiger partial charge in [0.05, 0.1) is 30.5 Å². The Kier molecular flexibility index (Phi) is 7.96. The van der Waals surface area contributed by atoms with Crippen molar-refractivity contribution in [2.24, 2.45) is 5.92 Å². The molecule has 0 aromatic heterocycles. The summed E-state index contributed by atoms with van der Waals surface area (Å²) in [6, 6.07) is 7.35. The van der Waals surface area contributed by atoms with Crippen molar-refractivity contribution in [2.45, 2.75) is 40.5 Å². The molecule has 0 fully saturated rings. The highest BCUT2D eigenvalue weighted by atomic mass is 35.5. The van der Waals surface area contributed by atoms with E-state index in [9.17, 15) is 9.59 Å². The van der Waals surface area contributed by atoms with Crippen LogP contribution in [-0.2, 0) is 18.9 Å². The molecule has 1 heterocycles. The van der Waals surface area contributed by atoms with Crippen LogP contribution in [0.4, 0.5) is 9.59 Å². The van der Waals surface area contributed by atoms with Crippen LogP contribution in [0.1, 0.15) is 46.1 Å². The van der Waals surface area contributed by atoms with Gasteiger partial charge in [-0.25, -0.2) is 9.59 Å². The lowest BCUT2D eigenvalue weighted by atomic mass is 9.82. The molecular weight excluding hydrogens is 398 g/mol. The number of hydrogen-bond donors (Lipinski definition) is 1. The molecule has 1 aliphatic rings. The monoisotopic (exact) mass is 423 g/mol. The SMILES string of the molecule is CCOC(=O)OC1=C(C)NC(C)=C(OC(=O)OCC)C1C(C)c1ccccc1Cl. The van der Waals surface area contributed by atoms with Crippen LogP contribution in [0.25, 0.3) is 0 Å². The van der Waals surface area contributed by atoms with Crippen LogP contribution in [0, 0.1) is 5.92 Å². The minimum Gasteiger partial charge on any atom is -0.434 e. The van der Waals surface area contributed by atoms with E-state index in [2.05, 4.69) is 5.32 Å².